The minimum atomic E-state index is -0.0143. The van der Waals surface area contributed by atoms with Crippen LogP contribution in [-0.4, -0.2) is 27.8 Å². The quantitative estimate of drug-likeness (QED) is 0.387. The molecular weight excluding hydrogens is 402 g/mol. The number of carbonyl (C=O) groups excluding carboxylic acids is 1. The fraction of sp³-hybridized carbons (Fsp3) is 0.500. The summed E-state index contributed by atoms with van der Waals surface area (Å²) in [6, 6.07) is 0. The highest BCUT2D eigenvalue weighted by molar-refractivity contribution is 7.99. The van der Waals surface area contributed by atoms with Gasteiger partial charge >= 0.3 is 0 Å². The highest BCUT2D eigenvalue weighted by Gasteiger charge is 2.23. The normalized spacial score (nSPS) is 15.9. The maximum absolute atomic E-state index is 13.1. The summed E-state index contributed by atoms with van der Waals surface area (Å²) in [6.07, 6.45) is 12.9. The van der Waals surface area contributed by atoms with Gasteiger partial charge in [0.05, 0.1) is 11.1 Å². The Kier molecular flexibility index (Phi) is 6.55. The Morgan fingerprint density at radius 1 is 1.31 bits per heavy atom. The zero-order valence-corrected chi connectivity index (χ0v) is 18.3. The van der Waals surface area contributed by atoms with Gasteiger partial charge in [0.1, 0.15) is 4.83 Å². The van der Waals surface area contributed by atoms with E-state index in [2.05, 4.69) is 18.0 Å². The lowest BCUT2D eigenvalue weighted by Crippen LogP contribution is -2.28. The Labute approximate surface area is 179 Å². The Balaban J connectivity index is 1.43. The number of amides is 1. The van der Waals surface area contributed by atoms with Crippen LogP contribution < -0.4 is 10.9 Å². The Morgan fingerprint density at radius 2 is 2.21 bits per heavy atom. The lowest BCUT2D eigenvalue weighted by atomic mass is 9.97. The molecule has 2 aromatic heterocycles. The maximum Gasteiger partial charge on any atom is 0.263 e. The van der Waals surface area contributed by atoms with Crippen molar-refractivity contribution < 1.29 is 4.79 Å². The van der Waals surface area contributed by atoms with Crippen molar-refractivity contribution in [2.24, 2.45) is 0 Å². The Bertz CT molecular complexity index is 1020. The van der Waals surface area contributed by atoms with Crippen LogP contribution in [0.4, 0.5) is 0 Å². The predicted octanol–water partition coefficient (Wildman–Crippen LogP) is 4.23. The van der Waals surface area contributed by atoms with E-state index in [0.29, 0.717) is 18.2 Å². The van der Waals surface area contributed by atoms with Gasteiger partial charge in [-0.3, -0.25) is 14.2 Å². The summed E-state index contributed by atoms with van der Waals surface area (Å²) in [7, 11) is 0. The summed E-state index contributed by atoms with van der Waals surface area (Å²) >= 11 is 2.97. The number of aromatic nitrogens is 2. The van der Waals surface area contributed by atoms with E-state index in [1.807, 2.05) is 0 Å². The molecule has 0 fully saturated rings. The molecule has 1 amide bonds. The monoisotopic (exact) mass is 429 g/mol. The molecule has 2 aliphatic rings. The molecule has 4 rings (SSSR count). The third-order valence-electron chi connectivity index (χ3n) is 5.59. The fourth-order valence-electron chi connectivity index (χ4n) is 4.13. The highest BCUT2D eigenvalue weighted by atomic mass is 32.2. The maximum atomic E-state index is 13.1. The van der Waals surface area contributed by atoms with E-state index in [-0.39, 0.29) is 17.2 Å². The smallest absolute Gasteiger partial charge is 0.263 e. The summed E-state index contributed by atoms with van der Waals surface area (Å²) < 4.78 is 1.66. The average molecular weight is 430 g/mol. The zero-order chi connectivity index (χ0) is 20.2. The summed E-state index contributed by atoms with van der Waals surface area (Å²) in [6.45, 7) is 4.86. The van der Waals surface area contributed by atoms with Crippen molar-refractivity contribution in [3.05, 3.63) is 45.1 Å². The van der Waals surface area contributed by atoms with Crippen molar-refractivity contribution in [3.63, 3.8) is 0 Å². The molecule has 0 aromatic carbocycles. The summed E-state index contributed by atoms with van der Waals surface area (Å²) in [4.78, 5) is 32.3. The number of thiophene rings is 1. The average Bonchev–Trinajstić information content (AvgIpc) is 3.30. The molecule has 0 saturated heterocycles. The highest BCUT2D eigenvalue weighted by Crippen LogP contribution is 2.35. The predicted molar refractivity (Wildman–Crippen MR) is 121 cm³/mol. The lowest BCUT2D eigenvalue weighted by Gasteiger charge is -2.13. The largest absolute Gasteiger partial charge is 0.355 e. The van der Waals surface area contributed by atoms with Crippen molar-refractivity contribution in [3.8, 4) is 0 Å². The second-order valence-corrected chi connectivity index (χ2v) is 9.66. The van der Waals surface area contributed by atoms with Gasteiger partial charge in [-0.05, 0) is 56.9 Å². The van der Waals surface area contributed by atoms with Gasteiger partial charge in [-0.1, -0.05) is 29.5 Å². The second-order valence-electron chi connectivity index (χ2n) is 7.63. The van der Waals surface area contributed by atoms with Crippen LogP contribution in [-0.2, 0) is 24.2 Å². The molecule has 0 spiro atoms. The molecule has 1 N–H and O–H groups in total. The zero-order valence-electron chi connectivity index (χ0n) is 16.7. The molecule has 5 nitrogen and oxygen atoms in total. The van der Waals surface area contributed by atoms with E-state index in [1.165, 1.54) is 47.0 Å². The van der Waals surface area contributed by atoms with Crippen molar-refractivity contribution in [1.29, 1.82) is 0 Å². The van der Waals surface area contributed by atoms with Crippen molar-refractivity contribution >= 4 is 39.2 Å². The number of rotatable bonds is 8. The van der Waals surface area contributed by atoms with Crippen LogP contribution in [0.25, 0.3) is 10.2 Å². The van der Waals surface area contributed by atoms with E-state index in [0.717, 1.165) is 42.3 Å². The van der Waals surface area contributed by atoms with Crippen LogP contribution in [0.1, 0.15) is 49.0 Å². The number of allylic oxidation sites excluding steroid dienone is 2. The number of hydrogen-bond acceptors (Lipinski definition) is 5. The fourth-order valence-corrected chi connectivity index (χ4v) is 6.27. The third-order valence-corrected chi connectivity index (χ3v) is 7.75. The summed E-state index contributed by atoms with van der Waals surface area (Å²) in [5.74, 6) is 0.249. The Morgan fingerprint density at radius 3 is 3.00 bits per heavy atom. The van der Waals surface area contributed by atoms with E-state index in [1.54, 1.807) is 22.0 Å². The molecule has 0 saturated carbocycles. The molecule has 29 heavy (non-hydrogen) atoms. The number of nitrogens with one attached hydrogen (secondary N) is 1. The SMILES string of the molecule is C=CCn1c(SCC(=O)NCCC2=CCCCC2)nc2sc3c(c2c1=O)CCC3. The van der Waals surface area contributed by atoms with Crippen LogP contribution in [0, 0.1) is 0 Å². The second kappa shape index (κ2) is 9.30. The van der Waals surface area contributed by atoms with Crippen LogP contribution >= 0.6 is 23.1 Å². The molecular formula is C22H27N3O2S2. The van der Waals surface area contributed by atoms with E-state index in [9.17, 15) is 9.59 Å². The van der Waals surface area contributed by atoms with Gasteiger partial charge in [-0.2, -0.15) is 0 Å². The molecule has 0 aliphatic heterocycles. The first-order valence-electron chi connectivity index (χ1n) is 10.4. The molecule has 2 heterocycles. The number of aryl methyl sites for hydroxylation is 2. The first-order valence-corrected chi connectivity index (χ1v) is 12.2. The van der Waals surface area contributed by atoms with E-state index in [4.69, 9.17) is 4.98 Å². The number of hydrogen-bond donors (Lipinski definition) is 1. The summed E-state index contributed by atoms with van der Waals surface area (Å²) in [5.41, 5.74) is 2.65. The van der Waals surface area contributed by atoms with E-state index >= 15 is 0 Å². The van der Waals surface area contributed by atoms with Gasteiger partial charge in [0.15, 0.2) is 5.16 Å². The lowest BCUT2D eigenvalue weighted by molar-refractivity contribution is -0.118. The van der Waals surface area contributed by atoms with Crippen molar-refractivity contribution in [2.75, 3.05) is 12.3 Å². The molecule has 7 heteroatoms. The minimum absolute atomic E-state index is 0.00134. The van der Waals surface area contributed by atoms with Gasteiger partial charge < -0.3 is 5.32 Å². The molecule has 0 bridgehead atoms. The molecule has 0 atom stereocenters. The Hall–Kier alpha value is -1.86. The van der Waals surface area contributed by atoms with Crippen molar-refractivity contribution in [1.82, 2.24) is 14.9 Å². The standard InChI is InChI=1S/C22H27N3O2S2/c1-2-13-25-21(27)19-16-9-6-10-17(16)29-20(19)24-22(25)28-14-18(26)23-12-11-15-7-4-3-5-8-15/h2,7H,1,3-6,8-14H2,(H,23,26). The number of thioether (sulfide) groups is 1. The van der Waals surface area contributed by atoms with Gasteiger partial charge in [-0.25, -0.2) is 4.98 Å². The molecule has 154 valence electrons. The molecule has 0 unspecified atom stereocenters. The van der Waals surface area contributed by atoms with Gasteiger partial charge in [-0.15, -0.1) is 17.9 Å². The molecule has 2 aromatic rings. The van der Waals surface area contributed by atoms with E-state index < -0.39 is 0 Å². The number of carbonyl (C=O) groups is 1. The number of nitrogens with zero attached hydrogens (tertiary/aromatic N) is 2. The van der Waals surface area contributed by atoms with Gasteiger partial charge in [0, 0.05) is 18.0 Å². The third kappa shape index (κ3) is 4.51. The van der Waals surface area contributed by atoms with Gasteiger partial charge in [0.25, 0.3) is 5.56 Å². The molecule has 2 aliphatic carbocycles. The van der Waals surface area contributed by atoms with Crippen LogP contribution in [0.3, 0.4) is 0 Å². The van der Waals surface area contributed by atoms with Crippen molar-refractivity contribution in [2.45, 2.75) is 63.1 Å². The van der Waals surface area contributed by atoms with Crippen LogP contribution in [0.15, 0.2) is 34.3 Å². The molecule has 0 radical (unpaired) electrons. The minimum Gasteiger partial charge on any atom is -0.355 e. The summed E-state index contributed by atoms with van der Waals surface area (Å²) in [5, 5.41) is 4.38. The number of fused-ring (bicyclic) bond motifs is 3. The topological polar surface area (TPSA) is 64.0 Å². The van der Waals surface area contributed by atoms with Gasteiger partial charge in [0.2, 0.25) is 5.91 Å². The first-order chi connectivity index (χ1) is 14.2. The first kappa shape index (κ1) is 20.4. The van der Waals surface area contributed by atoms with Crippen LogP contribution in [0.5, 0.6) is 0 Å². The van der Waals surface area contributed by atoms with Crippen LogP contribution in [0.2, 0.25) is 0 Å².